The molecule has 1 radical (unpaired) electrons. The number of aryl methyl sites for hydroxylation is 1. The van der Waals surface area contributed by atoms with E-state index in [-0.39, 0.29) is 43.5 Å². The zero-order valence-electron chi connectivity index (χ0n) is 29.5. The Balaban J connectivity index is 0.000000252. The van der Waals surface area contributed by atoms with Crippen LogP contribution in [0.1, 0.15) is 70.1 Å². The molecule has 1 N–H and O–H groups in total. The van der Waals surface area contributed by atoms with Crippen molar-refractivity contribution in [3.05, 3.63) is 102 Å². The van der Waals surface area contributed by atoms with Gasteiger partial charge in [0.1, 0.15) is 20.2 Å². The summed E-state index contributed by atoms with van der Waals surface area (Å²) in [5.74, 6) is 2.23. The molecule has 0 atom stereocenters. The second kappa shape index (κ2) is 14.9. The molecule has 0 unspecified atom stereocenters. The van der Waals surface area contributed by atoms with Crippen LogP contribution in [0.3, 0.4) is 0 Å². The van der Waals surface area contributed by atoms with Crippen molar-refractivity contribution in [3.8, 4) is 22.8 Å². The number of carbonyl (C=O) groups is 1. The molecule has 49 heavy (non-hydrogen) atoms. The van der Waals surface area contributed by atoms with E-state index < -0.39 is 8.07 Å². The second-order valence-corrected chi connectivity index (χ2v) is 17.8. The van der Waals surface area contributed by atoms with E-state index in [2.05, 4.69) is 96.7 Å². The number of ether oxygens (including phenoxy) is 1. The van der Waals surface area contributed by atoms with E-state index in [1.54, 1.807) is 6.33 Å². The van der Waals surface area contributed by atoms with Crippen LogP contribution in [0.4, 0.5) is 0 Å². The number of aliphatic hydroxyl groups excluding tert-OH is 1. The van der Waals surface area contributed by atoms with Crippen molar-refractivity contribution in [2.45, 2.75) is 73.4 Å². The Morgan fingerprint density at radius 3 is 2.31 bits per heavy atom. The van der Waals surface area contributed by atoms with E-state index in [4.69, 9.17) is 4.74 Å². The standard InChI is InChI=1S/C29H21N2OSi.C13H24O2.Ir/c1-17-21-10-6-4-8-18(21)12-22-28-27-23(30-16-31-28)13-20(14-24(27)32-29(17)22)26-15-19-9-5-7-11-25(19)33(26,2)3;1-5-10(6-2)12(14)9-13(15)11(7-3)8-4;/h4-11,13-16H,1-3H3;9-11,14H,5-8H2,1-4H3;/q-1;;/b;12-9-;. The minimum Gasteiger partial charge on any atom is -0.512 e. The normalized spacial score (nSPS) is 14.1. The Hall–Kier alpha value is -3.90. The summed E-state index contributed by atoms with van der Waals surface area (Å²) < 4.78 is 6.61. The molecule has 0 fully saturated rings. The Morgan fingerprint density at radius 2 is 1.61 bits per heavy atom. The summed E-state index contributed by atoms with van der Waals surface area (Å²) in [6.07, 6.45) is 8.93. The molecule has 0 amide bonds. The molecule has 0 saturated carbocycles. The molecule has 4 aromatic carbocycles. The van der Waals surface area contributed by atoms with Gasteiger partial charge in [0.15, 0.2) is 5.78 Å². The number of fused-ring (bicyclic) bond motifs is 4. The maximum atomic E-state index is 11.7. The first-order chi connectivity index (χ1) is 23.1. The minimum absolute atomic E-state index is 0. The number of ketones is 1. The van der Waals surface area contributed by atoms with Crippen LogP contribution in [0.5, 0.6) is 11.5 Å². The fraction of sp³-hybridized carbons (Fsp3) is 0.310. The molecule has 1 aromatic heterocycles. The Labute approximate surface area is 304 Å². The predicted octanol–water partition coefficient (Wildman–Crippen LogP) is 10.5. The van der Waals surface area contributed by atoms with Gasteiger partial charge in [-0.1, -0.05) is 106 Å². The van der Waals surface area contributed by atoms with Crippen molar-refractivity contribution in [3.63, 3.8) is 0 Å². The molecule has 0 spiro atoms. The van der Waals surface area contributed by atoms with E-state index >= 15 is 0 Å². The number of allylic oxidation sites excluding steroid dienone is 2. The van der Waals surface area contributed by atoms with Gasteiger partial charge < -0.3 is 9.84 Å². The fourth-order valence-electron chi connectivity index (χ4n) is 7.30. The van der Waals surface area contributed by atoms with Crippen molar-refractivity contribution in [2.24, 2.45) is 11.8 Å². The summed E-state index contributed by atoms with van der Waals surface area (Å²) in [4.78, 5) is 21.1. The third-order valence-electron chi connectivity index (χ3n) is 10.3. The first kappa shape index (κ1) is 36.4. The van der Waals surface area contributed by atoms with Crippen molar-refractivity contribution in [1.82, 2.24) is 9.97 Å². The number of nitrogens with zero attached hydrogens (tertiary/aromatic N) is 2. The van der Waals surface area contributed by atoms with Crippen LogP contribution >= 0.6 is 0 Å². The Morgan fingerprint density at radius 1 is 0.939 bits per heavy atom. The number of hydrogen-bond acceptors (Lipinski definition) is 5. The van der Waals surface area contributed by atoms with Crippen LogP contribution in [0.2, 0.25) is 13.1 Å². The molecule has 5 nitrogen and oxygen atoms in total. The summed E-state index contributed by atoms with van der Waals surface area (Å²) in [5.41, 5.74) is 6.38. The van der Waals surface area contributed by atoms with Gasteiger partial charge in [-0.15, -0.1) is 17.5 Å². The number of rotatable bonds is 8. The third kappa shape index (κ3) is 6.69. The van der Waals surface area contributed by atoms with Crippen LogP contribution in [0, 0.1) is 24.8 Å². The molecule has 0 saturated heterocycles. The van der Waals surface area contributed by atoms with Gasteiger partial charge >= 0.3 is 0 Å². The average Bonchev–Trinajstić information content (AvgIpc) is 3.37. The molecule has 7 heteroatoms. The van der Waals surface area contributed by atoms with Crippen molar-refractivity contribution >= 4 is 52.0 Å². The Kier molecular flexibility index (Phi) is 11.1. The van der Waals surface area contributed by atoms with E-state index in [9.17, 15) is 9.90 Å². The number of aliphatic hydroxyl groups is 1. The smallest absolute Gasteiger partial charge is 0.162 e. The largest absolute Gasteiger partial charge is 0.512 e. The predicted molar refractivity (Wildman–Crippen MR) is 201 cm³/mol. The van der Waals surface area contributed by atoms with E-state index in [1.165, 1.54) is 27.6 Å². The molecular formula is C42H45IrN2O3Si-. The summed E-state index contributed by atoms with van der Waals surface area (Å²) in [6.45, 7) is 15.0. The van der Waals surface area contributed by atoms with E-state index in [1.807, 2.05) is 33.8 Å². The van der Waals surface area contributed by atoms with Crippen molar-refractivity contribution in [2.75, 3.05) is 0 Å². The summed E-state index contributed by atoms with van der Waals surface area (Å²) >= 11 is 0. The molecule has 2 aliphatic heterocycles. The first-order valence-electron chi connectivity index (χ1n) is 17.3. The minimum atomic E-state index is -1.81. The molecule has 5 aromatic rings. The molecule has 255 valence electrons. The van der Waals surface area contributed by atoms with Crippen molar-refractivity contribution in [1.29, 1.82) is 0 Å². The molecule has 3 heterocycles. The zero-order valence-corrected chi connectivity index (χ0v) is 32.9. The molecule has 0 bridgehead atoms. The molecule has 0 aliphatic carbocycles. The summed E-state index contributed by atoms with van der Waals surface area (Å²) in [5, 5.41) is 15.9. The van der Waals surface area contributed by atoms with Crippen molar-refractivity contribution < 1.29 is 34.7 Å². The van der Waals surface area contributed by atoms with Gasteiger partial charge in [0.25, 0.3) is 0 Å². The monoisotopic (exact) mass is 846 g/mol. The van der Waals surface area contributed by atoms with Gasteiger partial charge in [0.05, 0.1) is 17.0 Å². The van der Waals surface area contributed by atoms with E-state index in [0.717, 1.165) is 75.7 Å². The van der Waals surface area contributed by atoms with Crippen LogP contribution in [0.25, 0.3) is 44.2 Å². The quantitative estimate of drug-likeness (QED) is 0.0715. The topological polar surface area (TPSA) is 72.3 Å². The van der Waals surface area contributed by atoms with Crippen LogP contribution in [-0.4, -0.2) is 28.9 Å². The SMILES string of the molecule is CCC(CC)C(=O)/C=C(\O)C(CC)CC.Cc1c2c([c-]c3ccccc13)-c1ncnc3cc(C4=Cc5ccccc5[Si]4(C)C)cc(c13)O2.[Ir]. The van der Waals surface area contributed by atoms with Gasteiger partial charge in [-0.25, -0.2) is 4.98 Å². The zero-order chi connectivity index (χ0) is 34.2. The van der Waals surface area contributed by atoms with Gasteiger partial charge in [-0.05, 0) is 66.2 Å². The molecule has 2 aliphatic rings. The van der Waals surface area contributed by atoms with Crippen LogP contribution < -0.4 is 9.92 Å². The fourth-order valence-corrected chi connectivity index (χ4v) is 10.4. The second-order valence-electron chi connectivity index (χ2n) is 13.5. The number of aromatic nitrogens is 2. The summed E-state index contributed by atoms with van der Waals surface area (Å²) in [6, 6.07) is 25.1. The number of benzene rings is 4. The first-order valence-corrected chi connectivity index (χ1v) is 20.3. The summed E-state index contributed by atoms with van der Waals surface area (Å²) in [7, 11) is -1.81. The number of carbonyl (C=O) groups excluding carboxylic acids is 1. The van der Waals surface area contributed by atoms with E-state index in [0.29, 0.717) is 0 Å². The van der Waals surface area contributed by atoms with Gasteiger partial charge in [0.2, 0.25) is 0 Å². The maximum Gasteiger partial charge on any atom is 0.162 e. The third-order valence-corrected chi connectivity index (χ3v) is 13.9. The maximum absolute atomic E-state index is 11.7. The van der Waals surface area contributed by atoms with Gasteiger partial charge in [-0.2, -0.15) is 0 Å². The average molecular weight is 846 g/mol. The van der Waals surface area contributed by atoms with Gasteiger partial charge in [-0.3, -0.25) is 9.78 Å². The number of hydrogen-bond donors (Lipinski definition) is 1. The molecule has 7 rings (SSSR count). The molecular weight excluding hydrogens is 801 g/mol. The van der Waals surface area contributed by atoms with Crippen LogP contribution in [0.15, 0.2) is 78.8 Å². The van der Waals surface area contributed by atoms with Crippen LogP contribution in [-0.2, 0) is 24.9 Å². The Bertz CT molecular complexity index is 2090. The van der Waals surface area contributed by atoms with Gasteiger partial charge in [0, 0.05) is 49.1 Å².